The highest BCUT2D eigenvalue weighted by Gasteiger charge is 2.32. The molecule has 1 aliphatic rings. The van der Waals surface area contributed by atoms with Gasteiger partial charge in [0, 0.05) is 10.3 Å². The topological polar surface area (TPSA) is 63.1 Å². The van der Waals surface area contributed by atoms with E-state index in [1.165, 1.54) is 11.3 Å². The largest absolute Gasteiger partial charge is 0.481 e. The first-order chi connectivity index (χ1) is 7.75. The minimum absolute atomic E-state index is 0.418. The van der Waals surface area contributed by atoms with Gasteiger partial charge in [0.25, 0.3) is 0 Å². The standard InChI is InChI=1S/C10H8N2O2S2/c13-10(14)5-1-2-7-8(5)12-9(16-7)6-3-15-4-11-6/h3-5H,1-2H2,(H,13,14). The average Bonchev–Trinajstić information content (AvgIpc) is 2.92. The van der Waals surface area contributed by atoms with Crippen molar-refractivity contribution < 1.29 is 9.90 Å². The number of aromatic nitrogens is 2. The summed E-state index contributed by atoms with van der Waals surface area (Å²) in [6, 6.07) is 0. The zero-order valence-electron chi connectivity index (χ0n) is 8.21. The van der Waals surface area contributed by atoms with Gasteiger partial charge < -0.3 is 5.11 Å². The fourth-order valence-electron chi connectivity index (χ4n) is 1.90. The fraction of sp³-hybridized carbons (Fsp3) is 0.300. The zero-order valence-corrected chi connectivity index (χ0v) is 9.85. The van der Waals surface area contributed by atoms with Crippen molar-refractivity contribution in [3.63, 3.8) is 0 Å². The molecular weight excluding hydrogens is 244 g/mol. The lowest BCUT2D eigenvalue weighted by molar-refractivity contribution is -0.138. The second-order valence-corrected chi connectivity index (χ2v) is 5.43. The van der Waals surface area contributed by atoms with E-state index < -0.39 is 11.9 Å². The van der Waals surface area contributed by atoms with Gasteiger partial charge in [-0.15, -0.1) is 22.7 Å². The Balaban J connectivity index is 2.02. The summed E-state index contributed by atoms with van der Waals surface area (Å²) in [5.74, 6) is -1.19. The van der Waals surface area contributed by atoms with Crippen LogP contribution >= 0.6 is 22.7 Å². The Morgan fingerprint density at radius 1 is 1.56 bits per heavy atom. The Kier molecular flexibility index (Phi) is 2.26. The molecule has 1 aliphatic carbocycles. The number of carbonyl (C=O) groups is 1. The summed E-state index contributed by atoms with van der Waals surface area (Å²) in [5.41, 5.74) is 3.37. The van der Waals surface area contributed by atoms with Crippen molar-refractivity contribution >= 4 is 28.6 Å². The molecule has 2 aromatic heterocycles. The van der Waals surface area contributed by atoms with Crippen molar-refractivity contribution in [1.82, 2.24) is 9.97 Å². The number of thiazole rings is 2. The van der Waals surface area contributed by atoms with Gasteiger partial charge in [0.2, 0.25) is 0 Å². The lowest BCUT2D eigenvalue weighted by atomic mass is 10.1. The van der Waals surface area contributed by atoms with E-state index in [4.69, 9.17) is 5.11 Å². The van der Waals surface area contributed by atoms with Gasteiger partial charge in [-0.2, -0.15) is 0 Å². The molecule has 2 aromatic rings. The van der Waals surface area contributed by atoms with Crippen molar-refractivity contribution in [2.45, 2.75) is 18.8 Å². The van der Waals surface area contributed by atoms with E-state index >= 15 is 0 Å². The molecule has 3 rings (SSSR count). The van der Waals surface area contributed by atoms with Crippen LogP contribution in [0.15, 0.2) is 10.9 Å². The number of aryl methyl sites for hydroxylation is 1. The number of aliphatic carboxylic acids is 1. The first-order valence-corrected chi connectivity index (χ1v) is 6.62. The number of hydrogen-bond donors (Lipinski definition) is 1. The third-order valence-electron chi connectivity index (χ3n) is 2.67. The maximum Gasteiger partial charge on any atom is 0.312 e. The van der Waals surface area contributed by atoms with Gasteiger partial charge in [-0.3, -0.25) is 4.79 Å². The van der Waals surface area contributed by atoms with E-state index in [-0.39, 0.29) is 0 Å². The Morgan fingerprint density at radius 3 is 3.12 bits per heavy atom. The summed E-state index contributed by atoms with van der Waals surface area (Å²) in [7, 11) is 0. The van der Waals surface area contributed by atoms with Crippen molar-refractivity contribution in [2.75, 3.05) is 0 Å². The van der Waals surface area contributed by atoms with Gasteiger partial charge in [-0.25, -0.2) is 9.97 Å². The zero-order chi connectivity index (χ0) is 11.1. The molecule has 0 fully saturated rings. The summed E-state index contributed by atoms with van der Waals surface area (Å²) in [6.07, 6.45) is 1.51. The number of nitrogens with zero attached hydrogens (tertiary/aromatic N) is 2. The summed E-state index contributed by atoms with van der Waals surface area (Å²) >= 11 is 3.09. The molecule has 0 bridgehead atoms. The van der Waals surface area contributed by atoms with E-state index in [9.17, 15) is 4.79 Å². The van der Waals surface area contributed by atoms with Crippen LogP contribution < -0.4 is 0 Å². The van der Waals surface area contributed by atoms with Crippen molar-refractivity contribution in [3.8, 4) is 10.7 Å². The van der Waals surface area contributed by atoms with Crippen LogP contribution in [0.4, 0.5) is 0 Å². The molecule has 0 saturated heterocycles. The molecule has 1 N–H and O–H groups in total. The van der Waals surface area contributed by atoms with E-state index in [0.717, 1.165) is 27.7 Å². The van der Waals surface area contributed by atoms with Crippen LogP contribution in [0, 0.1) is 0 Å². The molecule has 0 amide bonds. The predicted molar refractivity (Wildman–Crippen MR) is 61.9 cm³/mol. The highest BCUT2D eigenvalue weighted by molar-refractivity contribution is 7.15. The third kappa shape index (κ3) is 1.45. The van der Waals surface area contributed by atoms with Crippen molar-refractivity contribution in [3.05, 3.63) is 21.5 Å². The molecule has 0 radical (unpaired) electrons. The summed E-state index contributed by atoms with van der Waals surface area (Å²) in [4.78, 5) is 20.7. The van der Waals surface area contributed by atoms with E-state index in [1.807, 2.05) is 5.38 Å². The SMILES string of the molecule is O=C(O)C1CCc2sc(-c3cscn3)nc21. The molecule has 4 nitrogen and oxygen atoms in total. The fourth-order valence-corrected chi connectivity index (χ4v) is 3.61. The maximum atomic E-state index is 11.0. The minimum Gasteiger partial charge on any atom is -0.481 e. The molecule has 16 heavy (non-hydrogen) atoms. The van der Waals surface area contributed by atoms with Crippen LogP contribution in [0.25, 0.3) is 10.7 Å². The van der Waals surface area contributed by atoms with Crippen LogP contribution in [-0.2, 0) is 11.2 Å². The Morgan fingerprint density at radius 2 is 2.44 bits per heavy atom. The van der Waals surface area contributed by atoms with Gasteiger partial charge in [-0.05, 0) is 12.8 Å². The molecule has 6 heteroatoms. The highest BCUT2D eigenvalue weighted by atomic mass is 32.1. The minimum atomic E-state index is -0.770. The number of carboxylic acids is 1. The first kappa shape index (κ1) is 9.92. The van der Waals surface area contributed by atoms with E-state index in [1.54, 1.807) is 16.8 Å². The van der Waals surface area contributed by atoms with Crippen molar-refractivity contribution in [1.29, 1.82) is 0 Å². The van der Waals surface area contributed by atoms with Crippen molar-refractivity contribution in [2.24, 2.45) is 0 Å². The molecule has 1 atom stereocenters. The van der Waals surface area contributed by atoms with Gasteiger partial charge in [0.1, 0.15) is 16.6 Å². The molecule has 1 unspecified atom stereocenters. The smallest absolute Gasteiger partial charge is 0.312 e. The molecule has 0 spiro atoms. The summed E-state index contributed by atoms with van der Waals surface area (Å²) in [5, 5.41) is 11.8. The Hall–Kier alpha value is -1.27. The quantitative estimate of drug-likeness (QED) is 0.891. The number of rotatable bonds is 2. The van der Waals surface area contributed by atoms with Crippen LogP contribution in [-0.4, -0.2) is 21.0 Å². The third-order valence-corrected chi connectivity index (χ3v) is 4.41. The molecular formula is C10H8N2O2S2. The molecule has 2 heterocycles. The normalized spacial score (nSPS) is 18.6. The van der Waals surface area contributed by atoms with Gasteiger partial charge in [0.15, 0.2) is 0 Å². The monoisotopic (exact) mass is 252 g/mol. The summed E-state index contributed by atoms with van der Waals surface area (Å²) < 4.78 is 0. The molecule has 0 aromatic carbocycles. The van der Waals surface area contributed by atoms with Crippen LogP contribution in [0.2, 0.25) is 0 Å². The Labute approximate surface area is 99.6 Å². The molecule has 82 valence electrons. The number of fused-ring (bicyclic) bond motifs is 1. The average molecular weight is 252 g/mol. The number of hydrogen-bond acceptors (Lipinski definition) is 5. The second-order valence-electron chi connectivity index (χ2n) is 3.63. The van der Waals surface area contributed by atoms with Crippen LogP contribution in [0.5, 0.6) is 0 Å². The first-order valence-electron chi connectivity index (χ1n) is 4.86. The predicted octanol–water partition coefficient (Wildman–Crippen LogP) is 2.38. The van der Waals surface area contributed by atoms with Crippen LogP contribution in [0.1, 0.15) is 22.9 Å². The van der Waals surface area contributed by atoms with Gasteiger partial charge in [-0.1, -0.05) is 0 Å². The van der Waals surface area contributed by atoms with E-state index in [2.05, 4.69) is 9.97 Å². The molecule has 0 aliphatic heterocycles. The molecule has 0 saturated carbocycles. The number of carboxylic acid groups (broad SMARTS) is 1. The Bertz CT molecular complexity index is 533. The van der Waals surface area contributed by atoms with Gasteiger partial charge in [0.05, 0.1) is 11.2 Å². The highest BCUT2D eigenvalue weighted by Crippen LogP contribution is 2.39. The lowest BCUT2D eigenvalue weighted by Gasteiger charge is -2.00. The van der Waals surface area contributed by atoms with E-state index in [0.29, 0.717) is 6.42 Å². The second kappa shape index (κ2) is 3.64. The summed E-state index contributed by atoms with van der Waals surface area (Å²) in [6.45, 7) is 0. The lowest BCUT2D eigenvalue weighted by Crippen LogP contribution is -2.08. The van der Waals surface area contributed by atoms with Crippen LogP contribution in [0.3, 0.4) is 0 Å². The maximum absolute atomic E-state index is 11.0. The van der Waals surface area contributed by atoms with Gasteiger partial charge >= 0.3 is 5.97 Å².